The molecule has 0 saturated carbocycles. The molecule has 1 N–H and O–H groups in total. The van der Waals surface area contributed by atoms with E-state index in [9.17, 15) is 9.59 Å². The number of rotatable bonds is 4. The Labute approximate surface area is 87.5 Å². The van der Waals surface area contributed by atoms with Gasteiger partial charge in [-0.05, 0) is 24.1 Å². The first-order valence-electron chi connectivity index (χ1n) is 4.57. The van der Waals surface area contributed by atoms with Gasteiger partial charge in [-0.2, -0.15) is 0 Å². The summed E-state index contributed by atoms with van der Waals surface area (Å²) < 4.78 is 4.88. The van der Waals surface area contributed by atoms with Gasteiger partial charge < -0.3 is 9.84 Å². The molecule has 15 heavy (non-hydrogen) atoms. The Balaban J connectivity index is 2.65. The fourth-order valence-corrected chi connectivity index (χ4v) is 1.18. The number of ether oxygens (including phenoxy) is 1. The smallest absolute Gasteiger partial charge is 0.308 e. The van der Waals surface area contributed by atoms with E-state index in [0.717, 1.165) is 5.56 Å². The molecule has 1 aromatic rings. The van der Waals surface area contributed by atoms with Crippen LogP contribution in [0.3, 0.4) is 0 Å². The largest absolute Gasteiger partial charge is 0.481 e. The fourth-order valence-electron chi connectivity index (χ4n) is 1.18. The van der Waals surface area contributed by atoms with E-state index < -0.39 is 5.97 Å². The second kappa shape index (κ2) is 5.14. The summed E-state index contributed by atoms with van der Waals surface area (Å²) in [6, 6.07) is 6.86. The Bertz CT molecular complexity index is 371. The summed E-state index contributed by atoms with van der Waals surface area (Å²) in [6.07, 6.45) is 0.508. The summed E-state index contributed by atoms with van der Waals surface area (Å²) >= 11 is 0. The minimum absolute atomic E-state index is 0.0729. The van der Waals surface area contributed by atoms with Gasteiger partial charge in [-0.25, -0.2) is 0 Å². The van der Waals surface area contributed by atoms with Crippen LogP contribution in [0, 0.1) is 0 Å². The molecule has 0 spiro atoms. The molecule has 4 heteroatoms. The summed E-state index contributed by atoms with van der Waals surface area (Å²) in [5, 5.41) is 8.50. The van der Waals surface area contributed by atoms with Crippen molar-refractivity contribution in [2.24, 2.45) is 0 Å². The highest BCUT2D eigenvalue weighted by atomic mass is 16.5. The zero-order chi connectivity index (χ0) is 11.3. The monoisotopic (exact) mass is 208 g/mol. The molecule has 4 nitrogen and oxygen atoms in total. The van der Waals surface area contributed by atoms with Crippen molar-refractivity contribution in [3.05, 3.63) is 29.8 Å². The molecule has 0 aliphatic heterocycles. The summed E-state index contributed by atoms with van der Waals surface area (Å²) in [5.74, 6) is -0.774. The molecular weight excluding hydrogens is 196 g/mol. The van der Waals surface area contributed by atoms with Crippen LogP contribution in [0.1, 0.15) is 18.9 Å². The maximum absolute atomic E-state index is 10.7. The van der Waals surface area contributed by atoms with Crippen LogP contribution in [0.25, 0.3) is 0 Å². The minimum Gasteiger partial charge on any atom is -0.481 e. The molecule has 0 heterocycles. The van der Waals surface area contributed by atoms with Crippen LogP contribution in [0.5, 0.6) is 5.75 Å². The number of esters is 1. The van der Waals surface area contributed by atoms with Crippen molar-refractivity contribution in [2.45, 2.75) is 19.8 Å². The molecule has 0 fully saturated rings. The van der Waals surface area contributed by atoms with Crippen LogP contribution in [0.4, 0.5) is 0 Å². The second-order valence-electron chi connectivity index (χ2n) is 3.13. The molecule has 80 valence electrons. The molecule has 0 amide bonds. The minimum atomic E-state index is -0.840. The van der Waals surface area contributed by atoms with E-state index in [-0.39, 0.29) is 12.4 Å². The number of carboxylic acid groups (broad SMARTS) is 1. The van der Waals surface area contributed by atoms with Crippen molar-refractivity contribution in [1.29, 1.82) is 0 Å². The topological polar surface area (TPSA) is 63.6 Å². The van der Waals surface area contributed by atoms with Crippen LogP contribution in [0.2, 0.25) is 0 Å². The first-order valence-corrected chi connectivity index (χ1v) is 4.57. The maximum Gasteiger partial charge on any atom is 0.308 e. The molecule has 0 unspecified atom stereocenters. The first kappa shape index (κ1) is 11.2. The van der Waals surface area contributed by atoms with E-state index in [1.807, 2.05) is 0 Å². The third-order valence-electron chi connectivity index (χ3n) is 1.79. The molecule has 0 aliphatic carbocycles. The number of hydrogen-bond acceptors (Lipinski definition) is 3. The van der Waals surface area contributed by atoms with Crippen LogP contribution < -0.4 is 4.74 Å². The molecule has 1 aromatic carbocycles. The number of benzene rings is 1. The number of aliphatic carboxylic acids is 1. The third kappa shape index (κ3) is 4.26. The SMILES string of the molecule is CC(=O)Oc1cccc(CCC(=O)O)c1. The van der Waals surface area contributed by atoms with Gasteiger partial charge in [-0.1, -0.05) is 12.1 Å². The standard InChI is InChI=1S/C11H12O4/c1-8(12)15-10-4-2-3-9(7-10)5-6-11(13)14/h2-4,7H,5-6H2,1H3,(H,13,14). The van der Waals surface area contributed by atoms with E-state index in [4.69, 9.17) is 9.84 Å². The second-order valence-corrected chi connectivity index (χ2v) is 3.13. The van der Waals surface area contributed by atoms with E-state index >= 15 is 0 Å². The van der Waals surface area contributed by atoms with Crippen molar-refractivity contribution in [3.8, 4) is 5.75 Å². The van der Waals surface area contributed by atoms with Crippen molar-refractivity contribution in [2.75, 3.05) is 0 Å². The van der Waals surface area contributed by atoms with Gasteiger partial charge in [0.15, 0.2) is 0 Å². The normalized spacial score (nSPS) is 9.67. The Morgan fingerprint density at radius 1 is 1.40 bits per heavy atom. The highest BCUT2D eigenvalue weighted by Crippen LogP contribution is 2.14. The van der Waals surface area contributed by atoms with Crippen LogP contribution in [0.15, 0.2) is 24.3 Å². The number of hydrogen-bond donors (Lipinski definition) is 1. The van der Waals surface area contributed by atoms with E-state index in [2.05, 4.69) is 0 Å². The van der Waals surface area contributed by atoms with Gasteiger partial charge in [0.1, 0.15) is 5.75 Å². The summed E-state index contributed by atoms with van der Waals surface area (Å²) in [6.45, 7) is 1.32. The molecule has 0 saturated heterocycles. The van der Waals surface area contributed by atoms with Gasteiger partial charge in [-0.15, -0.1) is 0 Å². The van der Waals surface area contributed by atoms with Crippen molar-refractivity contribution in [1.82, 2.24) is 0 Å². The Hall–Kier alpha value is -1.84. The van der Waals surface area contributed by atoms with Gasteiger partial charge in [0.05, 0.1) is 0 Å². The summed E-state index contributed by atoms with van der Waals surface area (Å²) in [5.41, 5.74) is 0.844. The van der Waals surface area contributed by atoms with Gasteiger partial charge in [0, 0.05) is 13.3 Å². The lowest BCUT2D eigenvalue weighted by molar-refractivity contribution is -0.137. The molecule has 1 rings (SSSR count). The van der Waals surface area contributed by atoms with Crippen molar-refractivity contribution in [3.63, 3.8) is 0 Å². The number of carboxylic acids is 1. The van der Waals surface area contributed by atoms with E-state index in [0.29, 0.717) is 12.2 Å². The Morgan fingerprint density at radius 2 is 2.13 bits per heavy atom. The zero-order valence-electron chi connectivity index (χ0n) is 8.40. The zero-order valence-corrected chi connectivity index (χ0v) is 8.40. The van der Waals surface area contributed by atoms with Gasteiger partial charge in [0.25, 0.3) is 0 Å². The Kier molecular flexibility index (Phi) is 3.85. The predicted octanol–water partition coefficient (Wildman–Crippen LogP) is 1.63. The average Bonchev–Trinajstić information content (AvgIpc) is 2.14. The third-order valence-corrected chi connectivity index (χ3v) is 1.79. The maximum atomic E-state index is 10.7. The van der Waals surface area contributed by atoms with E-state index in [1.165, 1.54) is 6.92 Å². The number of carbonyl (C=O) groups is 2. The molecule has 0 bridgehead atoms. The van der Waals surface area contributed by atoms with Crippen LogP contribution in [-0.4, -0.2) is 17.0 Å². The molecule has 0 radical (unpaired) electrons. The highest BCUT2D eigenvalue weighted by molar-refractivity contribution is 5.69. The fraction of sp³-hybridized carbons (Fsp3) is 0.273. The first-order chi connectivity index (χ1) is 7.08. The lowest BCUT2D eigenvalue weighted by atomic mass is 10.1. The van der Waals surface area contributed by atoms with Crippen LogP contribution in [-0.2, 0) is 16.0 Å². The molecule has 0 aromatic heterocycles. The Morgan fingerprint density at radius 3 is 2.73 bits per heavy atom. The quantitative estimate of drug-likeness (QED) is 0.603. The lowest BCUT2D eigenvalue weighted by Crippen LogP contribution is -2.02. The highest BCUT2D eigenvalue weighted by Gasteiger charge is 2.02. The lowest BCUT2D eigenvalue weighted by Gasteiger charge is -2.03. The predicted molar refractivity (Wildman–Crippen MR) is 53.7 cm³/mol. The number of carbonyl (C=O) groups excluding carboxylic acids is 1. The van der Waals surface area contributed by atoms with Gasteiger partial charge in [-0.3, -0.25) is 9.59 Å². The number of aryl methyl sites for hydroxylation is 1. The summed E-state index contributed by atoms with van der Waals surface area (Å²) in [4.78, 5) is 21.0. The van der Waals surface area contributed by atoms with Gasteiger partial charge in [0.2, 0.25) is 0 Å². The van der Waals surface area contributed by atoms with E-state index in [1.54, 1.807) is 24.3 Å². The van der Waals surface area contributed by atoms with Crippen molar-refractivity contribution < 1.29 is 19.4 Å². The average molecular weight is 208 g/mol. The summed E-state index contributed by atoms with van der Waals surface area (Å²) in [7, 11) is 0. The van der Waals surface area contributed by atoms with Gasteiger partial charge >= 0.3 is 11.9 Å². The molecule has 0 aliphatic rings. The van der Waals surface area contributed by atoms with Crippen LogP contribution >= 0.6 is 0 Å². The molecule has 0 atom stereocenters. The molecular formula is C11H12O4. The van der Waals surface area contributed by atoms with Crippen molar-refractivity contribution >= 4 is 11.9 Å².